The zero-order valence-electron chi connectivity index (χ0n) is 11.6. The maximum absolute atomic E-state index is 14.1. The summed E-state index contributed by atoms with van der Waals surface area (Å²) < 4.78 is 14.9. The molecule has 1 aromatic rings. The molecule has 1 saturated heterocycles. The molecule has 0 spiro atoms. The first-order chi connectivity index (χ1) is 8.99. The number of hydrogen-bond donors (Lipinski definition) is 1. The second-order valence-corrected chi connectivity index (χ2v) is 6.46. The molecule has 4 heteroatoms. The molecule has 1 aliphatic heterocycles. The van der Waals surface area contributed by atoms with Crippen LogP contribution in [0.3, 0.4) is 0 Å². The van der Waals surface area contributed by atoms with Gasteiger partial charge in [0.25, 0.3) is 0 Å². The molecular weight excluding hydrogens is 307 g/mol. The average Bonchev–Trinajstić information content (AvgIpc) is 2.94. The smallest absolute Gasteiger partial charge is 0.128 e. The predicted octanol–water partition coefficient (Wildman–Crippen LogP) is 3.85. The van der Waals surface area contributed by atoms with Gasteiger partial charge < -0.3 is 5.73 Å². The molecule has 0 aromatic heterocycles. The molecule has 0 saturated carbocycles. The van der Waals surface area contributed by atoms with Gasteiger partial charge in [-0.3, -0.25) is 4.90 Å². The van der Waals surface area contributed by atoms with Gasteiger partial charge in [0.15, 0.2) is 0 Å². The summed E-state index contributed by atoms with van der Waals surface area (Å²) in [5.41, 5.74) is 6.85. The lowest BCUT2D eigenvalue weighted by atomic mass is 9.83. The van der Waals surface area contributed by atoms with Crippen LogP contribution in [0.2, 0.25) is 0 Å². The Bertz CT molecular complexity index is 446. The Balaban J connectivity index is 2.34. The van der Waals surface area contributed by atoms with E-state index in [9.17, 15) is 4.39 Å². The molecule has 2 unspecified atom stereocenters. The van der Waals surface area contributed by atoms with E-state index in [0.29, 0.717) is 5.56 Å². The Morgan fingerprint density at radius 2 is 2.05 bits per heavy atom. The van der Waals surface area contributed by atoms with Crippen molar-refractivity contribution in [2.75, 3.05) is 13.1 Å². The maximum Gasteiger partial charge on any atom is 0.128 e. The second kappa shape index (κ2) is 5.90. The van der Waals surface area contributed by atoms with Crippen molar-refractivity contribution in [2.45, 2.75) is 44.7 Å². The molecule has 0 bridgehead atoms. The number of rotatable bonds is 4. The SMILES string of the molecule is CCC(C)(C(N)c1cc(Br)ccc1F)N1CCCC1. The molecule has 1 aliphatic rings. The highest BCUT2D eigenvalue weighted by Gasteiger charge is 2.39. The third-order valence-corrected chi connectivity index (χ3v) is 5.00. The minimum Gasteiger partial charge on any atom is -0.322 e. The van der Waals surface area contributed by atoms with E-state index in [0.717, 1.165) is 24.0 Å². The van der Waals surface area contributed by atoms with E-state index in [4.69, 9.17) is 5.73 Å². The topological polar surface area (TPSA) is 29.3 Å². The van der Waals surface area contributed by atoms with Crippen LogP contribution in [0.15, 0.2) is 22.7 Å². The number of nitrogens with two attached hydrogens (primary N) is 1. The van der Waals surface area contributed by atoms with Crippen molar-refractivity contribution in [3.05, 3.63) is 34.1 Å². The lowest BCUT2D eigenvalue weighted by molar-refractivity contribution is 0.0986. The van der Waals surface area contributed by atoms with Gasteiger partial charge in [0.1, 0.15) is 5.82 Å². The van der Waals surface area contributed by atoms with Crippen LogP contribution in [0.5, 0.6) is 0 Å². The van der Waals surface area contributed by atoms with Gasteiger partial charge in [-0.15, -0.1) is 0 Å². The van der Waals surface area contributed by atoms with Gasteiger partial charge in [-0.25, -0.2) is 4.39 Å². The first-order valence-electron chi connectivity index (χ1n) is 6.94. The fourth-order valence-corrected chi connectivity index (χ4v) is 3.33. The third-order valence-electron chi connectivity index (χ3n) is 4.51. The van der Waals surface area contributed by atoms with Gasteiger partial charge in [0.2, 0.25) is 0 Å². The molecular formula is C15H22BrFN2. The summed E-state index contributed by atoms with van der Waals surface area (Å²) in [6.07, 6.45) is 3.34. The van der Waals surface area contributed by atoms with Gasteiger partial charge >= 0.3 is 0 Å². The fourth-order valence-electron chi connectivity index (χ4n) is 2.96. The molecule has 2 nitrogen and oxygen atoms in total. The minimum absolute atomic E-state index is 0.182. The zero-order chi connectivity index (χ0) is 14.0. The van der Waals surface area contributed by atoms with Crippen LogP contribution in [0.4, 0.5) is 4.39 Å². The van der Waals surface area contributed by atoms with Crippen LogP contribution in [-0.2, 0) is 0 Å². The summed E-state index contributed by atoms with van der Waals surface area (Å²) in [5.74, 6) is -0.213. The summed E-state index contributed by atoms with van der Waals surface area (Å²) in [6, 6.07) is 4.70. The first kappa shape index (κ1) is 14.9. The lowest BCUT2D eigenvalue weighted by Gasteiger charge is -2.43. The van der Waals surface area contributed by atoms with Gasteiger partial charge in [0.05, 0.1) is 6.04 Å². The number of benzene rings is 1. The molecule has 19 heavy (non-hydrogen) atoms. The van der Waals surface area contributed by atoms with Gasteiger partial charge in [-0.1, -0.05) is 22.9 Å². The van der Waals surface area contributed by atoms with Gasteiger partial charge in [-0.05, 0) is 57.5 Å². The summed E-state index contributed by atoms with van der Waals surface area (Å²) in [5, 5.41) is 0. The van der Waals surface area contributed by atoms with E-state index in [1.807, 2.05) is 6.07 Å². The number of hydrogen-bond acceptors (Lipinski definition) is 2. The van der Waals surface area contributed by atoms with E-state index in [1.165, 1.54) is 18.9 Å². The Labute approximate surface area is 123 Å². The third kappa shape index (κ3) is 2.86. The largest absolute Gasteiger partial charge is 0.322 e. The van der Waals surface area contributed by atoms with Crippen molar-refractivity contribution in [1.82, 2.24) is 4.90 Å². The molecule has 0 amide bonds. The summed E-state index contributed by atoms with van der Waals surface area (Å²) in [6.45, 7) is 6.42. The van der Waals surface area contributed by atoms with Crippen LogP contribution in [0.25, 0.3) is 0 Å². The molecule has 0 radical (unpaired) electrons. The van der Waals surface area contributed by atoms with Crippen molar-refractivity contribution in [2.24, 2.45) is 5.73 Å². The normalized spacial score (nSPS) is 21.3. The Kier molecular flexibility index (Phi) is 4.64. The van der Waals surface area contributed by atoms with Crippen LogP contribution in [0, 0.1) is 5.82 Å². The quantitative estimate of drug-likeness (QED) is 0.909. The number of halogens is 2. The summed E-state index contributed by atoms with van der Waals surface area (Å²) >= 11 is 3.40. The van der Waals surface area contributed by atoms with E-state index >= 15 is 0 Å². The Hall–Kier alpha value is -0.450. The average molecular weight is 329 g/mol. The van der Waals surface area contributed by atoms with Crippen molar-refractivity contribution >= 4 is 15.9 Å². The molecule has 2 atom stereocenters. The summed E-state index contributed by atoms with van der Waals surface area (Å²) in [7, 11) is 0. The molecule has 1 aromatic carbocycles. The highest BCUT2D eigenvalue weighted by atomic mass is 79.9. The fraction of sp³-hybridized carbons (Fsp3) is 0.600. The summed E-state index contributed by atoms with van der Waals surface area (Å²) in [4.78, 5) is 2.41. The van der Waals surface area contributed by atoms with Crippen LogP contribution in [-0.4, -0.2) is 23.5 Å². The molecule has 1 heterocycles. The van der Waals surface area contributed by atoms with E-state index < -0.39 is 0 Å². The molecule has 0 aliphatic carbocycles. The van der Waals surface area contributed by atoms with Crippen molar-refractivity contribution in [3.8, 4) is 0 Å². The predicted molar refractivity (Wildman–Crippen MR) is 80.5 cm³/mol. The highest BCUT2D eigenvalue weighted by molar-refractivity contribution is 9.10. The minimum atomic E-state index is -0.312. The van der Waals surface area contributed by atoms with Crippen molar-refractivity contribution in [3.63, 3.8) is 0 Å². The van der Waals surface area contributed by atoms with Crippen molar-refractivity contribution in [1.29, 1.82) is 0 Å². The number of likely N-dealkylation sites (tertiary alicyclic amines) is 1. The lowest BCUT2D eigenvalue weighted by Crippen LogP contribution is -2.52. The van der Waals surface area contributed by atoms with Crippen LogP contribution < -0.4 is 5.73 Å². The first-order valence-corrected chi connectivity index (χ1v) is 7.74. The highest BCUT2D eigenvalue weighted by Crippen LogP contribution is 2.36. The Morgan fingerprint density at radius 3 is 2.63 bits per heavy atom. The molecule has 106 valence electrons. The van der Waals surface area contributed by atoms with Crippen LogP contribution >= 0.6 is 15.9 Å². The van der Waals surface area contributed by atoms with E-state index in [1.54, 1.807) is 6.07 Å². The molecule has 2 rings (SSSR count). The second-order valence-electron chi connectivity index (χ2n) is 5.55. The number of nitrogens with zero attached hydrogens (tertiary/aromatic N) is 1. The van der Waals surface area contributed by atoms with Crippen LogP contribution in [0.1, 0.15) is 44.7 Å². The van der Waals surface area contributed by atoms with E-state index in [-0.39, 0.29) is 17.4 Å². The van der Waals surface area contributed by atoms with Gasteiger partial charge in [-0.2, -0.15) is 0 Å². The van der Waals surface area contributed by atoms with Gasteiger partial charge in [0, 0.05) is 15.6 Å². The maximum atomic E-state index is 14.1. The monoisotopic (exact) mass is 328 g/mol. The molecule has 2 N–H and O–H groups in total. The van der Waals surface area contributed by atoms with Crippen molar-refractivity contribution < 1.29 is 4.39 Å². The molecule has 1 fully saturated rings. The van der Waals surface area contributed by atoms with E-state index in [2.05, 4.69) is 34.7 Å². The Morgan fingerprint density at radius 1 is 1.42 bits per heavy atom. The standard InChI is InChI=1S/C15H22BrFN2/c1-3-15(2,19-8-4-5-9-19)14(18)12-10-11(16)6-7-13(12)17/h6-7,10,14H,3-5,8-9,18H2,1-2H3. The zero-order valence-corrected chi connectivity index (χ0v) is 13.2.